The van der Waals surface area contributed by atoms with Gasteiger partial charge >= 0.3 is 5.97 Å². The summed E-state index contributed by atoms with van der Waals surface area (Å²) in [7, 11) is 0. The molecule has 0 unspecified atom stereocenters. The summed E-state index contributed by atoms with van der Waals surface area (Å²) in [6.45, 7) is 12.7. The Hall–Kier alpha value is -0.730. The minimum Gasteiger partial charge on any atom is -0.481 e. The molecule has 0 amide bonds. The number of carboxylic acid groups (broad SMARTS) is 1. The maximum Gasteiger partial charge on any atom is 0.303 e. The summed E-state index contributed by atoms with van der Waals surface area (Å²) in [5.41, 5.74) is 0. The van der Waals surface area contributed by atoms with E-state index in [4.69, 9.17) is 5.11 Å². The molecule has 0 aromatic rings. The highest BCUT2D eigenvalue weighted by molar-refractivity contribution is 5.66. The van der Waals surface area contributed by atoms with Crippen LogP contribution in [0.1, 0.15) is 58.3 Å². The van der Waals surface area contributed by atoms with Crippen LogP contribution in [0.15, 0.2) is 0 Å². The van der Waals surface area contributed by atoms with E-state index >= 15 is 0 Å². The summed E-state index contributed by atoms with van der Waals surface area (Å²) < 4.78 is 0. The summed E-state index contributed by atoms with van der Waals surface area (Å²) >= 11 is 0. The van der Waals surface area contributed by atoms with Gasteiger partial charge in [0, 0.05) is 32.6 Å². The zero-order chi connectivity index (χ0) is 19.8. The number of aliphatic carboxylic acids is 1. The highest BCUT2D eigenvalue weighted by Gasteiger charge is 1.96. The maximum atomic E-state index is 10.4. The van der Waals surface area contributed by atoms with Crippen molar-refractivity contribution >= 4 is 5.97 Å². The second-order valence-corrected chi connectivity index (χ2v) is 6.97. The first-order chi connectivity index (χ1) is 13.3. The highest BCUT2D eigenvalue weighted by Crippen LogP contribution is 1.98. The summed E-state index contributed by atoms with van der Waals surface area (Å²) in [5.74, 6) is -0.686. The minimum atomic E-state index is -0.686. The standard InChI is InChI=1S/C20H45N5O2/c1-2-21-16-17-25-19-18-24-13-8-4-7-12-23-15-9-14-22-11-6-3-5-10-20(26)27/h21-25H,2-19H2,1H3,(H,26,27). The lowest BCUT2D eigenvalue weighted by molar-refractivity contribution is -0.137. The fourth-order valence-corrected chi connectivity index (χ4v) is 2.75. The molecule has 0 spiro atoms. The van der Waals surface area contributed by atoms with Gasteiger partial charge in [-0.25, -0.2) is 0 Å². The Kier molecular flexibility index (Phi) is 22.7. The van der Waals surface area contributed by atoms with Crippen LogP contribution < -0.4 is 26.6 Å². The molecule has 27 heavy (non-hydrogen) atoms. The third-order valence-corrected chi connectivity index (χ3v) is 4.37. The van der Waals surface area contributed by atoms with Crippen molar-refractivity contribution < 1.29 is 9.90 Å². The van der Waals surface area contributed by atoms with E-state index in [1.165, 1.54) is 19.3 Å². The first kappa shape index (κ1) is 26.3. The van der Waals surface area contributed by atoms with Crippen LogP contribution in [0.5, 0.6) is 0 Å². The third-order valence-electron chi connectivity index (χ3n) is 4.37. The lowest BCUT2D eigenvalue weighted by Gasteiger charge is -2.08. The molecule has 0 heterocycles. The summed E-state index contributed by atoms with van der Waals surface area (Å²) in [4.78, 5) is 10.4. The molecule has 0 bridgehead atoms. The molecule has 0 aliphatic rings. The average Bonchev–Trinajstić information content (AvgIpc) is 2.65. The van der Waals surface area contributed by atoms with Crippen molar-refractivity contribution in [3.63, 3.8) is 0 Å². The van der Waals surface area contributed by atoms with E-state index in [2.05, 4.69) is 33.5 Å². The fraction of sp³-hybridized carbons (Fsp3) is 0.950. The number of carboxylic acids is 1. The third kappa shape index (κ3) is 25.3. The lowest BCUT2D eigenvalue weighted by atomic mass is 10.2. The average molecular weight is 388 g/mol. The van der Waals surface area contributed by atoms with Crippen LogP contribution in [-0.4, -0.2) is 76.5 Å². The van der Waals surface area contributed by atoms with Crippen LogP contribution in [-0.2, 0) is 4.79 Å². The van der Waals surface area contributed by atoms with Crippen molar-refractivity contribution in [2.45, 2.75) is 58.3 Å². The number of likely N-dealkylation sites (N-methyl/N-ethyl adjacent to an activating group) is 1. The van der Waals surface area contributed by atoms with Crippen molar-refractivity contribution in [3.8, 4) is 0 Å². The van der Waals surface area contributed by atoms with Crippen LogP contribution in [0, 0.1) is 0 Å². The van der Waals surface area contributed by atoms with Gasteiger partial charge in [0.15, 0.2) is 0 Å². The van der Waals surface area contributed by atoms with E-state index in [9.17, 15) is 4.79 Å². The maximum absolute atomic E-state index is 10.4. The Morgan fingerprint density at radius 1 is 0.556 bits per heavy atom. The van der Waals surface area contributed by atoms with Gasteiger partial charge in [0.05, 0.1) is 0 Å². The zero-order valence-corrected chi connectivity index (χ0v) is 17.6. The van der Waals surface area contributed by atoms with Gasteiger partial charge in [-0.1, -0.05) is 19.8 Å². The van der Waals surface area contributed by atoms with Crippen LogP contribution in [0.4, 0.5) is 0 Å². The number of hydrogen-bond donors (Lipinski definition) is 6. The molecule has 0 aromatic carbocycles. The monoisotopic (exact) mass is 387 g/mol. The predicted molar refractivity (Wildman–Crippen MR) is 115 cm³/mol. The Morgan fingerprint density at radius 3 is 1.48 bits per heavy atom. The van der Waals surface area contributed by atoms with Crippen molar-refractivity contribution in [1.29, 1.82) is 0 Å². The zero-order valence-electron chi connectivity index (χ0n) is 17.6. The predicted octanol–water partition coefficient (Wildman–Crippen LogP) is 1.16. The minimum absolute atomic E-state index is 0.300. The number of carbonyl (C=O) groups is 1. The largest absolute Gasteiger partial charge is 0.481 e. The molecule has 0 rings (SSSR count). The molecule has 0 atom stereocenters. The molecule has 0 radical (unpaired) electrons. The molecule has 0 aliphatic heterocycles. The quantitative estimate of drug-likeness (QED) is 0.146. The molecule has 162 valence electrons. The van der Waals surface area contributed by atoms with E-state index in [1.807, 2.05) is 0 Å². The van der Waals surface area contributed by atoms with Gasteiger partial charge in [0.2, 0.25) is 0 Å². The topological polar surface area (TPSA) is 97.5 Å². The van der Waals surface area contributed by atoms with Crippen LogP contribution in [0.3, 0.4) is 0 Å². The summed E-state index contributed by atoms with van der Waals surface area (Å²) in [5, 5.41) is 25.7. The molecule has 0 fully saturated rings. The molecule has 0 aromatic heterocycles. The van der Waals surface area contributed by atoms with Gasteiger partial charge in [-0.15, -0.1) is 0 Å². The SMILES string of the molecule is CCNCCNCCNCCCCCNCCCNCCCCCC(=O)O. The van der Waals surface area contributed by atoms with Gasteiger partial charge in [-0.2, -0.15) is 0 Å². The van der Waals surface area contributed by atoms with Gasteiger partial charge in [0.25, 0.3) is 0 Å². The Morgan fingerprint density at radius 2 is 0.963 bits per heavy atom. The molecule has 0 saturated carbocycles. The van der Waals surface area contributed by atoms with Crippen molar-refractivity contribution in [2.75, 3.05) is 65.4 Å². The van der Waals surface area contributed by atoms with Gasteiger partial charge in [0.1, 0.15) is 0 Å². The molecular formula is C20H45N5O2. The second-order valence-electron chi connectivity index (χ2n) is 6.97. The Labute approximate surface area is 166 Å². The van der Waals surface area contributed by atoms with E-state index in [0.717, 1.165) is 91.1 Å². The molecule has 7 heteroatoms. The number of rotatable bonds is 23. The van der Waals surface area contributed by atoms with Gasteiger partial charge < -0.3 is 31.7 Å². The number of hydrogen-bond acceptors (Lipinski definition) is 6. The highest BCUT2D eigenvalue weighted by atomic mass is 16.4. The molecule has 0 saturated heterocycles. The normalized spacial score (nSPS) is 11.1. The van der Waals surface area contributed by atoms with Crippen LogP contribution >= 0.6 is 0 Å². The fourth-order valence-electron chi connectivity index (χ4n) is 2.75. The lowest BCUT2D eigenvalue weighted by Crippen LogP contribution is -2.32. The van der Waals surface area contributed by atoms with E-state index in [1.54, 1.807) is 0 Å². The smallest absolute Gasteiger partial charge is 0.303 e. The number of unbranched alkanes of at least 4 members (excludes halogenated alkanes) is 4. The second kappa shape index (κ2) is 23.3. The van der Waals surface area contributed by atoms with Gasteiger partial charge in [-0.3, -0.25) is 4.79 Å². The molecule has 0 aliphatic carbocycles. The van der Waals surface area contributed by atoms with Crippen LogP contribution in [0.25, 0.3) is 0 Å². The first-order valence-electron chi connectivity index (χ1n) is 11.0. The van der Waals surface area contributed by atoms with Crippen LogP contribution in [0.2, 0.25) is 0 Å². The molecule has 6 N–H and O–H groups in total. The van der Waals surface area contributed by atoms with E-state index < -0.39 is 5.97 Å². The molecule has 7 nitrogen and oxygen atoms in total. The summed E-state index contributed by atoms with van der Waals surface area (Å²) in [6, 6.07) is 0. The molecular weight excluding hydrogens is 342 g/mol. The number of nitrogens with one attached hydrogen (secondary N) is 5. The van der Waals surface area contributed by atoms with Crippen molar-refractivity contribution in [2.24, 2.45) is 0 Å². The van der Waals surface area contributed by atoms with E-state index in [0.29, 0.717) is 6.42 Å². The Bertz CT molecular complexity index is 306. The first-order valence-corrected chi connectivity index (χ1v) is 11.0. The van der Waals surface area contributed by atoms with Crippen molar-refractivity contribution in [3.05, 3.63) is 0 Å². The Balaban J connectivity index is 2.98. The van der Waals surface area contributed by atoms with E-state index in [-0.39, 0.29) is 0 Å². The van der Waals surface area contributed by atoms with Gasteiger partial charge in [-0.05, 0) is 71.4 Å². The summed E-state index contributed by atoms with van der Waals surface area (Å²) in [6.07, 6.45) is 8.10. The van der Waals surface area contributed by atoms with Crippen molar-refractivity contribution in [1.82, 2.24) is 26.6 Å².